The Hall–Kier alpha value is -4.04. The maximum absolute atomic E-state index is 12.2. The van der Waals surface area contributed by atoms with Crippen LogP contribution in [0.3, 0.4) is 0 Å². The molecule has 2 fully saturated rings. The SMILES string of the molecule is CC(C)(C)OC(=O)N1CCC(=O)CC1.CCC(=C1CCN(C(=O)OC(C)(C)C)CC1)c1scc(COC=O)c1C.CCC(=O)c1scc(COC=O)c1C. The zero-order valence-corrected chi connectivity index (χ0v) is 35.2. The number of rotatable bonds is 10. The van der Waals surface area contributed by atoms with Crippen molar-refractivity contribution in [3.8, 4) is 0 Å². The van der Waals surface area contributed by atoms with Gasteiger partial charge >= 0.3 is 12.2 Å². The number of carbonyl (C=O) groups is 6. The standard InChI is InChI=1S/C20H29NO4S.C10H17NO3.C10H12O3S/c1-6-17(18-14(2)16(12-26-18)11-24-13-22)15-7-9-21(10-8-15)19(23)25-20(3,4)5;1-10(2,3)14-9(13)11-6-4-8(12)5-7-11;1-3-9(12)10-7(2)8(5-14-10)4-13-6-11/h12-13H,6-11H2,1-5H3;4-7H2,1-3H3;5-6H,3-4H2,1-2H3. The van der Waals surface area contributed by atoms with Crippen molar-refractivity contribution in [2.45, 2.75) is 132 Å². The zero-order valence-electron chi connectivity index (χ0n) is 33.6. The first kappa shape index (κ1) is 46.1. The second kappa shape index (κ2) is 21.7. The predicted molar refractivity (Wildman–Crippen MR) is 211 cm³/mol. The molecule has 0 bridgehead atoms. The Bertz CT molecular complexity index is 1610. The summed E-state index contributed by atoms with van der Waals surface area (Å²) in [5.74, 6) is 0.370. The van der Waals surface area contributed by atoms with Gasteiger partial charge in [0.2, 0.25) is 0 Å². The number of allylic oxidation sites excluding steroid dienone is 1. The maximum Gasteiger partial charge on any atom is 0.410 e. The van der Waals surface area contributed by atoms with E-state index in [0.717, 1.165) is 40.8 Å². The lowest BCUT2D eigenvalue weighted by molar-refractivity contribution is -0.130. The minimum Gasteiger partial charge on any atom is -0.463 e. The number of hydrogen-bond acceptors (Lipinski definition) is 12. The number of hydrogen-bond donors (Lipinski definition) is 0. The van der Waals surface area contributed by atoms with E-state index >= 15 is 0 Å². The Balaban J connectivity index is 0.000000305. The summed E-state index contributed by atoms with van der Waals surface area (Å²) in [6.45, 7) is 23.0. The van der Waals surface area contributed by atoms with E-state index < -0.39 is 11.2 Å². The van der Waals surface area contributed by atoms with Crippen molar-refractivity contribution < 1.29 is 47.7 Å². The van der Waals surface area contributed by atoms with Gasteiger partial charge in [0.05, 0.1) is 4.88 Å². The summed E-state index contributed by atoms with van der Waals surface area (Å²) in [7, 11) is 0. The molecule has 2 amide bonds. The molecule has 0 atom stereocenters. The molecule has 54 heavy (non-hydrogen) atoms. The predicted octanol–water partition coefficient (Wildman–Crippen LogP) is 8.83. The highest BCUT2D eigenvalue weighted by molar-refractivity contribution is 7.12. The fourth-order valence-electron chi connectivity index (χ4n) is 5.59. The molecule has 2 aliphatic rings. The van der Waals surface area contributed by atoms with E-state index in [4.69, 9.17) is 14.2 Å². The number of thiophene rings is 2. The lowest BCUT2D eigenvalue weighted by atomic mass is 9.93. The summed E-state index contributed by atoms with van der Waals surface area (Å²) >= 11 is 3.12. The Labute approximate surface area is 328 Å². The Morgan fingerprint density at radius 2 is 1.09 bits per heavy atom. The third kappa shape index (κ3) is 15.0. The molecular formula is C40H58N2O10S2. The van der Waals surface area contributed by atoms with Crippen LogP contribution in [0.5, 0.6) is 0 Å². The van der Waals surface area contributed by atoms with Gasteiger partial charge in [0.15, 0.2) is 5.78 Å². The quantitative estimate of drug-likeness (QED) is 0.130. The zero-order chi connectivity index (χ0) is 40.6. The van der Waals surface area contributed by atoms with Gasteiger partial charge in [-0.3, -0.25) is 19.2 Å². The summed E-state index contributed by atoms with van der Waals surface area (Å²) in [5, 5.41) is 3.93. The van der Waals surface area contributed by atoms with Crippen molar-refractivity contribution in [3.05, 3.63) is 48.3 Å². The summed E-state index contributed by atoms with van der Waals surface area (Å²) in [4.78, 5) is 72.0. The summed E-state index contributed by atoms with van der Waals surface area (Å²) in [5.41, 5.74) is 5.97. The van der Waals surface area contributed by atoms with Crippen molar-refractivity contribution in [1.82, 2.24) is 9.80 Å². The van der Waals surface area contributed by atoms with E-state index in [1.807, 2.05) is 60.8 Å². The highest BCUT2D eigenvalue weighted by Crippen LogP contribution is 2.36. The largest absolute Gasteiger partial charge is 0.463 e. The van der Waals surface area contributed by atoms with Crippen molar-refractivity contribution in [3.63, 3.8) is 0 Å². The lowest BCUT2D eigenvalue weighted by Gasteiger charge is -2.32. The van der Waals surface area contributed by atoms with Crippen LogP contribution in [0.25, 0.3) is 5.57 Å². The highest BCUT2D eigenvalue weighted by Gasteiger charge is 2.27. The minimum absolute atomic E-state index is 0.143. The molecule has 2 aromatic heterocycles. The van der Waals surface area contributed by atoms with Gasteiger partial charge in [-0.15, -0.1) is 22.7 Å². The van der Waals surface area contributed by atoms with Gasteiger partial charge in [-0.2, -0.15) is 0 Å². The smallest absolute Gasteiger partial charge is 0.410 e. The molecule has 2 aromatic rings. The molecule has 12 nitrogen and oxygen atoms in total. The molecule has 0 radical (unpaired) electrons. The molecule has 0 unspecified atom stereocenters. The monoisotopic (exact) mass is 790 g/mol. The average Bonchev–Trinajstić information content (AvgIpc) is 3.66. The third-order valence-corrected chi connectivity index (χ3v) is 10.9. The lowest BCUT2D eigenvalue weighted by Crippen LogP contribution is -2.41. The van der Waals surface area contributed by atoms with Gasteiger partial charge in [0, 0.05) is 61.4 Å². The second-order valence-electron chi connectivity index (χ2n) is 14.9. The Morgan fingerprint density at radius 1 is 0.685 bits per heavy atom. The summed E-state index contributed by atoms with van der Waals surface area (Å²) in [6.07, 6.45) is 3.59. The van der Waals surface area contributed by atoms with Gasteiger partial charge in [0.1, 0.15) is 30.2 Å². The molecule has 2 aliphatic heterocycles. The molecule has 0 aliphatic carbocycles. The molecule has 4 rings (SSSR count). The van der Waals surface area contributed by atoms with Gasteiger partial charge < -0.3 is 28.7 Å². The van der Waals surface area contributed by atoms with Crippen LogP contribution in [0.15, 0.2) is 16.3 Å². The van der Waals surface area contributed by atoms with Crippen LogP contribution in [-0.4, -0.2) is 83.9 Å². The normalized spacial score (nSPS) is 14.5. The first-order valence-electron chi connectivity index (χ1n) is 18.3. The molecule has 300 valence electrons. The first-order chi connectivity index (χ1) is 25.3. The molecule has 0 N–H and O–H groups in total. The van der Waals surface area contributed by atoms with Crippen LogP contribution >= 0.6 is 22.7 Å². The number of likely N-dealkylation sites (tertiary alicyclic amines) is 2. The van der Waals surface area contributed by atoms with Crippen LogP contribution in [0.4, 0.5) is 9.59 Å². The minimum atomic E-state index is -0.462. The average molecular weight is 791 g/mol. The van der Waals surface area contributed by atoms with Gasteiger partial charge in [-0.1, -0.05) is 19.4 Å². The van der Waals surface area contributed by atoms with Crippen molar-refractivity contribution in [1.29, 1.82) is 0 Å². The van der Waals surface area contributed by atoms with Gasteiger partial charge in [-0.05, 0) is 102 Å². The van der Waals surface area contributed by atoms with Crippen molar-refractivity contribution in [2.24, 2.45) is 0 Å². The number of amides is 2. The molecule has 2 saturated heterocycles. The van der Waals surface area contributed by atoms with Gasteiger partial charge in [0.25, 0.3) is 12.9 Å². The number of Topliss-reactive ketones (excluding diaryl/α,β-unsaturated/α-hetero) is 2. The number of carbonyl (C=O) groups excluding carboxylic acids is 6. The van der Waals surface area contributed by atoms with Crippen molar-refractivity contribution >= 4 is 64.9 Å². The topological polar surface area (TPSA) is 146 Å². The molecule has 0 spiro atoms. The van der Waals surface area contributed by atoms with Gasteiger partial charge in [-0.25, -0.2) is 9.59 Å². The van der Waals surface area contributed by atoms with E-state index in [1.165, 1.54) is 32.9 Å². The van der Waals surface area contributed by atoms with E-state index in [0.29, 0.717) is 65.0 Å². The molecule has 14 heteroatoms. The number of piperidine rings is 2. The number of ketones is 2. The Morgan fingerprint density at radius 3 is 1.48 bits per heavy atom. The molecular weight excluding hydrogens is 733 g/mol. The van der Waals surface area contributed by atoms with Crippen LogP contribution < -0.4 is 0 Å². The Kier molecular flexibility index (Phi) is 18.6. The molecule has 0 saturated carbocycles. The maximum atomic E-state index is 12.2. The van der Waals surface area contributed by atoms with E-state index in [2.05, 4.69) is 24.0 Å². The van der Waals surface area contributed by atoms with Crippen LogP contribution in [0.1, 0.15) is 131 Å². The number of nitrogens with zero attached hydrogens (tertiary/aromatic N) is 2. The van der Waals surface area contributed by atoms with E-state index in [1.54, 1.807) is 21.1 Å². The third-order valence-electron chi connectivity index (χ3n) is 8.52. The molecule has 4 heterocycles. The second-order valence-corrected chi connectivity index (χ2v) is 16.7. The van der Waals surface area contributed by atoms with E-state index in [9.17, 15) is 28.8 Å². The van der Waals surface area contributed by atoms with E-state index in [-0.39, 0.29) is 30.4 Å². The van der Waals surface area contributed by atoms with Crippen LogP contribution in [0, 0.1) is 13.8 Å². The van der Waals surface area contributed by atoms with Crippen LogP contribution in [0.2, 0.25) is 0 Å². The fourth-order valence-corrected chi connectivity index (χ4v) is 7.93. The summed E-state index contributed by atoms with van der Waals surface area (Å²) in [6, 6.07) is 0. The highest BCUT2D eigenvalue weighted by atomic mass is 32.1. The van der Waals surface area contributed by atoms with Crippen molar-refractivity contribution in [2.75, 3.05) is 26.2 Å². The van der Waals surface area contributed by atoms with Crippen LogP contribution in [-0.2, 0) is 46.5 Å². The molecule has 0 aromatic carbocycles. The fraction of sp³-hybridized carbons (Fsp3) is 0.600. The first-order valence-corrected chi connectivity index (χ1v) is 20.1. The summed E-state index contributed by atoms with van der Waals surface area (Å²) < 4.78 is 20.2. The number of ether oxygens (including phenoxy) is 4.